The van der Waals surface area contributed by atoms with Gasteiger partial charge in [0.15, 0.2) is 0 Å². The molecule has 0 atom stereocenters. The Kier molecular flexibility index (Phi) is 8.48. The first kappa shape index (κ1) is 23.1. The van der Waals surface area contributed by atoms with Gasteiger partial charge in [-0.2, -0.15) is 0 Å². The molecule has 0 amide bonds. The van der Waals surface area contributed by atoms with Crippen LogP contribution in [0.25, 0.3) is 0 Å². The van der Waals surface area contributed by atoms with Crippen LogP contribution in [0.5, 0.6) is 0 Å². The molecule has 0 unspecified atom stereocenters. The van der Waals surface area contributed by atoms with Crippen molar-refractivity contribution in [1.82, 2.24) is 0 Å². The van der Waals surface area contributed by atoms with Gasteiger partial charge in [-0.15, -0.1) is 0 Å². The molecule has 0 saturated heterocycles. The van der Waals surface area contributed by atoms with Gasteiger partial charge in [0.25, 0.3) is 0 Å². The minimum Gasteiger partial charge on any atom is -0.308 e. The Morgan fingerprint density at radius 3 is 1.25 bits per heavy atom. The van der Waals surface area contributed by atoms with Crippen molar-refractivity contribution in [2.75, 3.05) is 0 Å². The molecular formula is C28H25ClOSiZr. The standard InChI is InChI=1S/C18H15ClOSi.2C5H5.Zr/c19-20-21(16-10-4-1-5-11-16,17-12-6-2-7-13-17)18-14-8-3-9-15-18;2*1-2-4-5-3-1;/h1-15H;2*1-3H,4H2;. The summed E-state index contributed by atoms with van der Waals surface area (Å²) in [6.07, 6.45) is 16.0. The zero-order valence-corrected chi connectivity index (χ0v) is 22.0. The van der Waals surface area contributed by atoms with Gasteiger partial charge in [-0.3, -0.25) is 0 Å². The van der Waals surface area contributed by atoms with Crippen LogP contribution in [0.2, 0.25) is 0 Å². The van der Waals surface area contributed by atoms with Gasteiger partial charge >= 0.3 is 87.4 Å². The fourth-order valence-corrected chi connectivity index (χ4v) is 11.0. The van der Waals surface area contributed by atoms with E-state index in [0.29, 0.717) is 0 Å². The quantitative estimate of drug-likeness (QED) is 0.298. The first-order valence-electron chi connectivity index (χ1n) is 10.8. The predicted molar refractivity (Wildman–Crippen MR) is 135 cm³/mol. The van der Waals surface area contributed by atoms with Gasteiger partial charge in [-0.05, 0) is 15.6 Å². The van der Waals surface area contributed by atoms with E-state index in [0.717, 1.165) is 15.6 Å². The molecule has 0 aromatic heterocycles. The van der Waals surface area contributed by atoms with E-state index in [9.17, 15) is 0 Å². The molecular weight excluding hydrogens is 507 g/mol. The topological polar surface area (TPSA) is 9.23 Å². The van der Waals surface area contributed by atoms with Gasteiger partial charge in [-0.1, -0.05) is 91.0 Å². The second-order valence-electron chi connectivity index (χ2n) is 7.63. The van der Waals surface area contributed by atoms with Gasteiger partial charge < -0.3 is 3.98 Å². The van der Waals surface area contributed by atoms with Crippen LogP contribution in [0.1, 0.15) is 12.8 Å². The van der Waals surface area contributed by atoms with Crippen molar-refractivity contribution in [1.29, 1.82) is 0 Å². The number of benzene rings is 3. The molecule has 0 bridgehead atoms. The van der Waals surface area contributed by atoms with Gasteiger partial charge in [0.05, 0.1) is 0 Å². The molecule has 0 aliphatic heterocycles. The van der Waals surface area contributed by atoms with Crippen molar-refractivity contribution in [3.05, 3.63) is 134 Å². The van der Waals surface area contributed by atoms with Crippen molar-refractivity contribution >= 4 is 35.7 Å². The molecule has 2 aliphatic carbocycles. The van der Waals surface area contributed by atoms with Crippen LogP contribution in [0.15, 0.2) is 134 Å². The van der Waals surface area contributed by atoms with Crippen LogP contribution in [-0.4, -0.2) is 8.32 Å². The average Bonchev–Trinajstić information content (AvgIpc) is 3.58. The van der Waals surface area contributed by atoms with Crippen LogP contribution < -0.4 is 15.6 Å². The molecule has 1 nitrogen and oxygen atoms in total. The molecule has 3 aromatic carbocycles. The van der Waals surface area contributed by atoms with E-state index in [4.69, 9.17) is 15.8 Å². The van der Waals surface area contributed by atoms with Gasteiger partial charge in [0.1, 0.15) is 0 Å². The van der Waals surface area contributed by atoms with Crippen LogP contribution >= 0.6 is 11.9 Å². The van der Waals surface area contributed by atoms with Gasteiger partial charge in [0.2, 0.25) is 0 Å². The third-order valence-corrected chi connectivity index (χ3v) is 13.3. The molecule has 2 aliphatic rings. The Labute approximate surface area is 208 Å². The molecule has 0 heterocycles. The maximum atomic E-state index is 6.09. The Morgan fingerprint density at radius 2 is 0.969 bits per heavy atom. The van der Waals surface area contributed by atoms with Crippen LogP contribution in [-0.2, 0) is 27.2 Å². The molecule has 5 rings (SSSR count). The summed E-state index contributed by atoms with van der Waals surface area (Å²) < 4.78 is 9.16. The molecule has 0 spiro atoms. The Morgan fingerprint density at radius 1 is 0.594 bits per heavy atom. The average molecular weight is 532 g/mol. The molecule has 3 aromatic rings. The van der Waals surface area contributed by atoms with Crippen LogP contribution in [0, 0.1) is 0 Å². The Bertz CT molecular complexity index is 997. The van der Waals surface area contributed by atoms with E-state index in [1.54, 1.807) is 6.56 Å². The summed E-state index contributed by atoms with van der Waals surface area (Å²) in [4.78, 5) is 0. The predicted octanol–water partition coefficient (Wildman–Crippen LogP) is 5.58. The van der Waals surface area contributed by atoms with Crippen molar-refractivity contribution in [2.45, 2.75) is 12.8 Å². The monoisotopic (exact) mass is 530 g/mol. The molecule has 158 valence electrons. The zero-order chi connectivity index (χ0) is 22.1. The van der Waals surface area contributed by atoms with E-state index >= 15 is 0 Å². The van der Waals surface area contributed by atoms with E-state index in [1.807, 2.05) is 54.6 Å². The second-order valence-corrected chi connectivity index (χ2v) is 15.1. The van der Waals surface area contributed by atoms with Crippen molar-refractivity contribution in [3.8, 4) is 0 Å². The third-order valence-electron chi connectivity index (χ3n) is 5.52. The fourth-order valence-electron chi connectivity index (χ4n) is 3.94. The minimum absolute atomic E-state index is 0.312. The number of hydrogen-bond donors (Lipinski definition) is 0. The number of hydrogen-bond acceptors (Lipinski definition) is 1. The van der Waals surface area contributed by atoms with Crippen LogP contribution in [0.3, 0.4) is 0 Å². The molecule has 4 heteroatoms. The number of allylic oxidation sites excluding steroid dienone is 8. The summed E-state index contributed by atoms with van der Waals surface area (Å²) in [5.41, 5.74) is 0. The molecule has 0 fully saturated rings. The zero-order valence-electron chi connectivity index (χ0n) is 17.8. The summed E-state index contributed by atoms with van der Waals surface area (Å²) in [5.74, 6) is 0. The number of rotatable bonds is 6. The smallest absolute Gasteiger partial charge is 0.308 e. The second kappa shape index (κ2) is 11.7. The molecule has 0 radical (unpaired) electrons. The van der Waals surface area contributed by atoms with Crippen LogP contribution in [0.4, 0.5) is 0 Å². The fraction of sp³-hybridized carbons (Fsp3) is 0.0714. The molecule has 0 saturated carbocycles. The Hall–Kier alpha value is -2.03. The van der Waals surface area contributed by atoms with E-state index < -0.39 is 8.32 Å². The molecule has 0 N–H and O–H groups in total. The van der Waals surface area contributed by atoms with Crippen molar-refractivity contribution in [3.63, 3.8) is 0 Å². The van der Waals surface area contributed by atoms with Gasteiger partial charge in [-0.25, -0.2) is 0 Å². The summed E-state index contributed by atoms with van der Waals surface area (Å²) in [6.45, 7) is 0. The van der Waals surface area contributed by atoms with Crippen molar-refractivity contribution < 1.29 is 27.2 Å². The first-order valence-corrected chi connectivity index (χ1v) is 15.4. The Balaban J connectivity index is 0.000000186. The summed E-state index contributed by atoms with van der Waals surface area (Å²) in [7, 11) is -2.63. The summed E-state index contributed by atoms with van der Waals surface area (Å²) in [6, 6.07) is 30.7. The molecule has 32 heavy (non-hydrogen) atoms. The van der Waals surface area contributed by atoms with E-state index in [2.05, 4.69) is 72.9 Å². The number of halogens is 1. The third kappa shape index (κ3) is 5.47. The SMILES string of the molecule is C1=CC[C]([Zr][C]2=CC=CC2)=C1.ClO[Si](c1ccccc1)(c1ccccc1)c1ccccc1. The van der Waals surface area contributed by atoms with Crippen molar-refractivity contribution in [2.24, 2.45) is 0 Å². The summed E-state index contributed by atoms with van der Waals surface area (Å²) >= 11 is 5.78. The normalized spacial score (nSPS) is 14.4. The minimum atomic E-state index is -2.63. The van der Waals surface area contributed by atoms with E-state index in [1.165, 1.54) is 12.8 Å². The first-order chi connectivity index (χ1) is 15.8. The van der Waals surface area contributed by atoms with E-state index in [-0.39, 0.29) is 23.2 Å². The maximum Gasteiger partial charge on any atom is 0.312 e. The largest absolute Gasteiger partial charge is 0.312 e. The van der Waals surface area contributed by atoms with Gasteiger partial charge in [0, 0.05) is 11.9 Å². The maximum absolute atomic E-state index is 6.09. The summed E-state index contributed by atoms with van der Waals surface area (Å²) in [5, 5.41) is 3.41.